The van der Waals surface area contributed by atoms with E-state index in [0.717, 1.165) is 11.8 Å². The number of thiazole rings is 1. The molecule has 0 spiro atoms. The van der Waals surface area contributed by atoms with E-state index >= 15 is 0 Å². The molecular formula is C19H17FN2O3S2. The minimum absolute atomic E-state index is 0.0528. The van der Waals surface area contributed by atoms with Crippen molar-refractivity contribution in [3.63, 3.8) is 0 Å². The fourth-order valence-electron chi connectivity index (χ4n) is 2.60. The summed E-state index contributed by atoms with van der Waals surface area (Å²) in [5, 5.41) is 0. The predicted octanol–water partition coefficient (Wildman–Crippen LogP) is 3.10. The molecule has 27 heavy (non-hydrogen) atoms. The van der Waals surface area contributed by atoms with E-state index in [2.05, 4.69) is 11.6 Å². The lowest BCUT2D eigenvalue weighted by molar-refractivity contribution is -0.117. The monoisotopic (exact) mass is 404 g/mol. The zero-order valence-electron chi connectivity index (χ0n) is 14.6. The predicted molar refractivity (Wildman–Crippen MR) is 104 cm³/mol. The van der Waals surface area contributed by atoms with Crippen molar-refractivity contribution in [3.8, 4) is 0 Å². The molecule has 0 fully saturated rings. The van der Waals surface area contributed by atoms with Gasteiger partial charge in [0, 0.05) is 12.8 Å². The number of rotatable bonds is 5. The highest BCUT2D eigenvalue weighted by Gasteiger charge is 2.12. The summed E-state index contributed by atoms with van der Waals surface area (Å²) < 4.78 is 39.1. The number of allylic oxidation sites excluding steroid dienone is 1. The Kier molecular flexibility index (Phi) is 5.38. The molecule has 0 saturated heterocycles. The van der Waals surface area contributed by atoms with Crippen LogP contribution < -0.4 is 4.80 Å². The van der Waals surface area contributed by atoms with Gasteiger partial charge in [0.2, 0.25) is 0 Å². The lowest BCUT2D eigenvalue weighted by Crippen LogP contribution is -2.16. The van der Waals surface area contributed by atoms with Gasteiger partial charge in [-0.15, -0.1) is 6.58 Å². The summed E-state index contributed by atoms with van der Waals surface area (Å²) in [6.07, 6.45) is 2.88. The Morgan fingerprint density at radius 2 is 1.96 bits per heavy atom. The normalized spacial score (nSPS) is 12.4. The van der Waals surface area contributed by atoms with E-state index in [4.69, 9.17) is 0 Å². The Bertz CT molecular complexity index is 1190. The van der Waals surface area contributed by atoms with E-state index in [-0.39, 0.29) is 23.0 Å². The maximum absolute atomic E-state index is 13.0. The van der Waals surface area contributed by atoms with Crippen LogP contribution in [0.25, 0.3) is 10.2 Å². The van der Waals surface area contributed by atoms with Crippen molar-refractivity contribution < 1.29 is 17.6 Å². The Labute approximate surface area is 160 Å². The minimum Gasteiger partial charge on any atom is -0.313 e. The molecule has 0 N–H and O–H groups in total. The van der Waals surface area contributed by atoms with Gasteiger partial charge >= 0.3 is 0 Å². The fraction of sp³-hybridized carbons (Fsp3) is 0.158. The summed E-state index contributed by atoms with van der Waals surface area (Å²) in [7, 11) is -3.33. The van der Waals surface area contributed by atoms with Crippen LogP contribution in [0.1, 0.15) is 5.56 Å². The second-order valence-electron chi connectivity index (χ2n) is 5.99. The van der Waals surface area contributed by atoms with E-state index in [1.807, 2.05) is 4.57 Å². The highest BCUT2D eigenvalue weighted by Crippen LogP contribution is 2.22. The topological polar surface area (TPSA) is 68.5 Å². The van der Waals surface area contributed by atoms with Crippen LogP contribution in [0, 0.1) is 5.82 Å². The SMILES string of the molecule is C=CCn1c(=NC(=O)Cc2ccc(F)cc2)sc2cc(S(C)(=O)=O)ccc21. The Balaban J connectivity index is 2.04. The number of carbonyl (C=O) groups is 1. The summed E-state index contributed by atoms with van der Waals surface area (Å²) in [4.78, 5) is 17.2. The molecule has 0 aliphatic carbocycles. The van der Waals surface area contributed by atoms with Crippen molar-refractivity contribution in [1.29, 1.82) is 0 Å². The van der Waals surface area contributed by atoms with Crippen LogP contribution >= 0.6 is 11.3 Å². The summed E-state index contributed by atoms with van der Waals surface area (Å²) in [5.41, 5.74) is 1.45. The first kappa shape index (κ1) is 19.2. The van der Waals surface area contributed by atoms with Gasteiger partial charge in [-0.25, -0.2) is 12.8 Å². The molecule has 3 aromatic rings. The second kappa shape index (κ2) is 7.58. The molecule has 0 atom stereocenters. The van der Waals surface area contributed by atoms with Crippen molar-refractivity contribution in [1.82, 2.24) is 4.57 Å². The van der Waals surface area contributed by atoms with Crippen LogP contribution in [-0.2, 0) is 27.6 Å². The standard InChI is InChI=1S/C19H17FN2O3S2/c1-3-10-22-16-9-8-15(27(2,24)25)12-17(16)26-19(22)21-18(23)11-13-4-6-14(20)7-5-13/h3-9,12H,1,10-11H2,2H3. The van der Waals surface area contributed by atoms with Gasteiger partial charge in [0.1, 0.15) is 5.82 Å². The number of fused-ring (bicyclic) bond motifs is 1. The minimum atomic E-state index is -3.33. The average Bonchev–Trinajstić information content (AvgIpc) is 2.93. The molecule has 2 aromatic carbocycles. The number of aromatic nitrogens is 1. The Morgan fingerprint density at radius 1 is 1.26 bits per heavy atom. The number of halogens is 1. The number of hydrogen-bond acceptors (Lipinski definition) is 4. The van der Waals surface area contributed by atoms with Gasteiger partial charge in [-0.05, 0) is 35.9 Å². The third kappa shape index (κ3) is 4.40. The molecule has 0 radical (unpaired) electrons. The summed E-state index contributed by atoms with van der Waals surface area (Å²) >= 11 is 1.24. The average molecular weight is 404 g/mol. The lowest BCUT2D eigenvalue weighted by Gasteiger charge is -2.02. The van der Waals surface area contributed by atoms with Gasteiger partial charge in [-0.3, -0.25) is 4.79 Å². The summed E-state index contributed by atoms with van der Waals surface area (Å²) in [6.45, 7) is 4.15. The molecule has 1 heterocycles. The van der Waals surface area contributed by atoms with Crippen molar-refractivity contribution in [2.75, 3.05) is 6.26 Å². The van der Waals surface area contributed by atoms with Crippen LogP contribution in [-0.4, -0.2) is 25.1 Å². The number of sulfone groups is 1. The number of amides is 1. The molecule has 3 rings (SSSR count). The van der Waals surface area contributed by atoms with E-state index in [9.17, 15) is 17.6 Å². The van der Waals surface area contributed by atoms with Crippen LogP contribution in [0.5, 0.6) is 0 Å². The third-order valence-electron chi connectivity index (χ3n) is 3.88. The van der Waals surface area contributed by atoms with Gasteiger partial charge < -0.3 is 4.57 Å². The van der Waals surface area contributed by atoms with Gasteiger partial charge in [0.15, 0.2) is 14.6 Å². The molecular weight excluding hydrogens is 387 g/mol. The van der Waals surface area contributed by atoms with Crippen molar-refractivity contribution in [2.45, 2.75) is 17.9 Å². The van der Waals surface area contributed by atoms with Crippen molar-refractivity contribution in [3.05, 3.63) is 71.3 Å². The molecule has 0 unspecified atom stereocenters. The first-order chi connectivity index (χ1) is 12.8. The van der Waals surface area contributed by atoms with Gasteiger partial charge in [-0.1, -0.05) is 29.5 Å². The molecule has 1 amide bonds. The highest BCUT2D eigenvalue weighted by atomic mass is 32.2. The Morgan fingerprint density at radius 3 is 2.59 bits per heavy atom. The van der Waals surface area contributed by atoms with Crippen LogP contribution in [0.3, 0.4) is 0 Å². The quantitative estimate of drug-likeness (QED) is 0.614. The molecule has 0 saturated carbocycles. The van der Waals surface area contributed by atoms with Gasteiger partial charge in [0.05, 0.1) is 21.5 Å². The molecule has 5 nitrogen and oxygen atoms in total. The van der Waals surface area contributed by atoms with Crippen LogP contribution in [0.15, 0.2) is 65.0 Å². The fourth-order valence-corrected chi connectivity index (χ4v) is 4.42. The first-order valence-corrected chi connectivity index (χ1v) is 10.7. The van der Waals surface area contributed by atoms with E-state index in [1.54, 1.807) is 30.3 Å². The number of benzene rings is 2. The Hall–Kier alpha value is -2.58. The molecule has 1 aromatic heterocycles. The first-order valence-electron chi connectivity index (χ1n) is 8.04. The third-order valence-corrected chi connectivity index (χ3v) is 6.03. The number of nitrogens with zero attached hydrogens (tertiary/aromatic N) is 2. The highest BCUT2D eigenvalue weighted by molar-refractivity contribution is 7.90. The van der Waals surface area contributed by atoms with Crippen LogP contribution in [0.2, 0.25) is 0 Å². The van der Waals surface area contributed by atoms with E-state index < -0.39 is 9.84 Å². The van der Waals surface area contributed by atoms with Crippen molar-refractivity contribution >= 4 is 37.3 Å². The number of carbonyl (C=O) groups excluding carboxylic acids is 1. The van der Waals surface area contributed by atoms with Crippen molar-refractivity contribution in [2.24, 2.45) is 4.99 Å². The van der Waals surface area contributed by atoms with E-state index in [1.165, 1.54) is 29.5 Å². The maximum atomic E-state index is 13.0. The molecule has 0 aliphatic heterocycles. The smallest absolute Gasteiger partial charge is 0.252 e. The van der Waals surface area contributed by atoms with Gasteiger partial charge in [-0.2, -0.15) is 4.99 Å². The zero-order valence-corrected chi connectivity index (χ0v) is 16.2. The maximum Gasteiger partial charge on any atom is 0.252 e. The second-order valence-corrected chi connectivity index (χ2v) is 9.02. The molecule has 140 valence electrons. The number of hydrogen-bond donors (Lipinski definition) is 0. The molecule has 8 heteroatoms. The molecule has 0 aliphatic rings. The largest absolute Gasteiger partial charge is 0.313 e. The zero-order chi connectivity index (χ0) is 19.6. The van der Waals surface area contributed by atoms with Gasteiger partial charge in [0.25, 0.3) is 5.91 Å². The lowest BCUT2D eigenvalue weighted by atomic mass is 10.1. The van der Waals surface area contributed by atoms with Crippen LogP contribution in [0.4, 0.5) is 4.39 Å². The summed E-state index contributed by atoms with van der Waals surface area (Å²) in [5.74, 6) is -0.729. The molecule has 0 bridgehead atoms. The van der Waals surface area contributed by atoms with E-state index in [0.29, 0.717) is 21.6 Å². The summed E-state index contributed by atoms with van der Waals surface area (Å²) in [6, 6.07) is 10.5.